The highest BCUT2D eigenvalue weighted by Crippen LogP contribution is 2.22. The molecule has 1 rings (SSSR count). The summed E-state index contributed by atoms with van der Waals surface area (Å²) in [4.78, 5) is 0. The van der Waals surface area contributed by atoms with Crippen LogP contribution in [0.4, 0.5) is 0 Å². The molecule has 0 aromatic heterocycles. The summed E-state index contributed by atoms with van der Waals surface area (Å²) < 4.78 is 45.1. The van der Waals surface area contributed by atoms with Crippen molar-refractivity contribution in [1.82, 2.24) is 5.32 Å². The van der Waals surface area contributed by atoms with Crippen molar-refractivity contribution in [3.05, 3.63) is 0 Å². The van der Waals surface area contributed by atoms with E-state index in [0.717, 1.165) is 0 Å². The normalized spacial score (nSPS) is 29.4. The smallest absolute Gasteiger partial charge is 0.152 e. The molecular weight excluding hydrogens is 250 g/mol. The molecule has 0 radical (unpaired) electrons. The first-order chi connectivity index (χ1) is 7.18. The summed E-state index contributed by atoms with van der Waals surface area (Å²) >= 11 is 0. The minimum absolute atomic E-state index is 0.0686. The van der Waals surface area contributed by atoms with Crippen LogP contribution in [0.2, 0.25) is 0 Å². The van der Waals surface area contributed by atoms with E-state index in [-0.39, 0.29) is 23.0 Å². The van der Waals surface area contributed by atoms with Gasteiger partial charge in [-0.3, -0.25) is 0 Å². The molecule has 0 spiro atoms. The van der Waals surface area contributed by atoms with Gasteiger partial charge < -0.3 is 5.32 Å². The van der Waals surface area contributed by atoms with E-state index in [2.05, 4.69) is 5.32 Å². The van der Waals surface area contributed by atoms with Crippen molar-refractivity contribution in [1.29, 1.82) is 0 Å². The predicted molar refractivity (Wildman–Crippen MR) is 64.0 cm³/mol. The van der Waals surface area contributed by atoms with Gasteiger partial charge in [-0.25, -0.2) is 16.8 Å². The summed E-state index contributed by atoms with van der Waals surface area (Å²) in [6.07, 6.45) is 0.557. The second kappa shape index (κ2) is 4.62. The van der Waals surface area contributed by atoms with Crippen LogP contribution in [0.25, 0.3) is 0 Å². The predicted octanol–water partition coefficient (Wildman–Crippen LogP) is -0.412. The lowest BCUT2D eigenvalue weighted by molar-refractivity contribution is 0.409. The van der Waals surface area contributed by atoms with Gasteiger partial charge in [-0.05, 0) is 13.3 Å². The van der Waals surface area contributed by atoms with Crippen molar-refractivity contribution in [2.45, 2.75) is 25.8 Å². The largest absolute Gasteiger partial charge is 0.309 e. The van der Waals surface area contributed by atoms with E-state index in [0.29, 0.717) is 13.0 Å². The Morgan fingerprint density at radius 2 is 2.00 bits per heavy atom. The average Bonchev–Trinajstić information content (AvgIpc) is 2.41. The highest BCUT2D eigenvalue weighted by molar-refractivity contribution is 7.91. The van der Waals surface area contributed by atoms with Crippen molar-refractivity contribution in [3.63, 3.8) is 0 Å². The number of nitrogens with one attached hydrogen (secondary N) is 1. The Bertz CT molecular complexity index is 440. The van der Waals surface area contributed by atoms with Crippen LogP contribution in [-0.2, 0) is 19.7 Å². The van der Waals surface area contributed by atoms with Crippen LogP contribution in [0.1, 0.15) is 20.3 Å². The van der Waals surface area contributed by atoms with E-state index in [4.69, 9.17) is 0 Å². The molecular formula is C9H19NO4S2. The molecule has 1 atom stereocenters. The number of rotatable bonds is 5. The third-order valence-electron chi connectivity index (χ3n) is 2.91. The van der Waals surface area contributed by atoms with E-state index in [9.17, 15) is 16.8 Å². The zero-order valence-electron chi connectivity index (χ0n) is 9.69. The van der Waals surface area contributed by atoms with E-state index >= 15 is 0 Å². The lowest BCUT2D eigenvalue weighted by Gasteiger charge is -2.23. The maximum absolute atomic E-state index is 11.3. The van der Waals surface area contributed by atoms with Crippen molar-refractivity contribution in [2.24, 2.45) is 0 Å². The fourth-order valence-electron chi connectivity index (χ4n) is 1.80. The van der Waals surface area contributed by atoms with Crippen LogP contribution in [0, 0.1) is 0 Å². The van der Waals surface area contributed by atoms with Gasteiger partial charge in [-0.2, -0.15) is 0 Å². The first-order valence-corrected chi connectivity index (χ1v) is 8.98. The summed E-state index contributed by atoms with van der Waals surface area (Å²) in [6, 6.07) is 0. The Morgan fingerprint density at radius 1 is 1.38 bits per heavy atom. The van der Waals surface area contributed by atoms with Gasteiger partial charge in [0.05, 0.1) is 17.3 Å². The Kier molecular flexibility index (Phi) is 4.02. The average molecular weight is 269 g/mol. The molecule has 0 aliphatic carbocycles. The lowest BCUT2D eigenvalue weighted by atomic mass is 10.0. The SMILES string of the molecule is CCS(=O)(=O)CCNC1(C)CCS(=O)(=O)C1. The topological polar surface area (TPSA) is 80.3 Å². The first kappa shape index (κ1) is 13.9. The van der Waals surface area contributed by atoms with Gasteiger partial charge in [0.25, 0.3) is 0 Å². The molecule has 0 saturated carbocycles. The lowest BCUT2D eigenvalue weighted by Crippen LogP contribution is -2.45. The van der Waals surface area contributed by atoms with E-state index < -0.39 is 25.2 Å². The highest BCUT2D eigenvalue weighted by atomic mass is 32.2. The molecule has 7 heteroatoms. The van der Waals surface area contributed by atoms with Crippen molar-refractivity contribution in [2.75, 3.05) is 29.6 Å². The molecule has 0 bridgehead atoms. The number of hydrogen-bond donors (Lipinski definition) is 1. The fourth-order valence-corrected chi connectivity index (χ4v) is 4.63. The summed E-state index contributed by atoms with van der Waals surface area (Å²) in [7, 11) is -5.92. The molecule has 1 aliphatic rings. The zero-order chi connectivity index (χ0) is 12.4. The first-order valence-electron chi connectivity index (χ1n) is 5.34. The van der Waals surface area contributed by atoms with E-state index in [1.165, 1.54) is 0 Å². The van der Waals surface area contributed by atoms with Gasteiger partial charge in [-0.1, -0.05) is 6.92 Å². The Morgan fingerprint density at radius 3 is 2.44 bits per heavy atom. The van der Waals surface area contributed by atoms with E-state index in [1.54, 1.807) is 6.92 Å². The molecule has 0 amide bonds. The van der Waals surface area contributed by atoms with Gasteiger partial charge in [0.2, 0.25) is 0 Å². The minimum Gasteiger partial charge on any atom is -0.309 e. The fraction of sp³-hybridized carbons (Fsp3) is 1.00. The monoisotopic (exact) mass is 269 g/mol. The Labute approximate surface area is 97.5 Å². The van der Waals surface area contributed by atoms with Crippen LogP contribution in [-0.4, -0.2) is 51.9 Å². The standard InChI is InChI=1S/C9H19NO4S2/c1-3-15(11,12)7-5-10-9(2)4-6-16(13,14)8-9/h10H,3-8H2,1-2H3. The number of sulfone groups is 2. The molecule has 16 heavy (non-hydrogen) atoms. The third kappa shape index (κ3) is 4.03. The van der Waals surface area contributed by atoms with Gasteiger partial charge >= 0.3 is 0 Å². The molecule has 0 aromatic rings. The molecule has 1 fully saturated rings. The maximum Gasteiger partial charge on any atom is 0.152 e. The third-order valence-corrected chi connectivity index (χ3v) is 6.52. The van der Waals surface area contributed by atoms with Crippen LogP contribution in [0.15, 0.2) is 0 Å². The summed E-state index contributed by atoms with van der Waals surface area (Å²) in [6.45, 7) is 3.76. The maximum atomic E-state index is 11.3. The molecule has 1 aliphatic heterocycles. The Hall–Kier alpha value is -0.140. The zero-order valence-corrected chi connectivity index (χ0v) is 11.3. The quantitative estimate of drug-likeness (QED) is 0.734. The van der Waals surface area contributed by atoms with Crippen molar-refractivity contribution in [3.8, 4) is 0 Å². The molecule has 1 N–H and O–H groups in total. The van der Waals surface area contributed by atoms with Gasteiger partial charge in [0.1, 0.15) is 0 Å². The van der Waals surface area contributed by atoms with Gasteiger partial charge in [-0.15, -0.1) is 0 Å². The number of hydrogen-bond acceptors (Lipinski definition) is 5. The van der Waals surface area contributed by atoms with Gasteiger partial charge in [0.15, 0.2) is 19.7 Å². The van der Waals surface area contributed by atoms with Crippen LogP contribution >= 0.6 is 0 Å². The molecule has 5 nitrogen and oxygen atoms in total. The molecule has 1 saturated heterocycles. The molecule has 1 unspecified atom stereocenters. The highest BCUT2D eigenvalue weighted by Gasteiger charge is 2.37. The van der Waals surface area contributed by atoms with Gasteiger partial charge in [0, 0.05) is 17.8 Å². The van der Waals surface area contributed by atoms with Crippen molar-refractivity contribution >= 4 is 19.7 Å². The van der Waals surface area contributed by atoms with Crippen molar-refractivity contribution < 1.29 is 16.8 Å². The second-order valence-corrected chi connectivity index (χ2v) is 9.22. The summed E-state index contributed by atoms with van der Waals surface area (Å²) in [5, 5.41) is 3.05. The van der Waals surface area contributed by atoms with E-state index in [1.807, 2.05) is 6.92 Å². The second-order valence-electron chi connectivity index (χ2n) is 4.57. The summed E-state index contributed by atoms with van der Waals surface area (Å²) in [5.41, 5.74) is -0.456. The molecule has 1 heterocycles. The van der Waals surface area contributed by atoms with Crippen LogP contribution < -0.4 is 5.32 Å². The minimum atomic E-state index is -2.98. The molecule has 0 aromatic carbocycles. The summed E-state index contributed by atoms with van der Waals surface area (Å²) in [5.74, 6) is 0.492. The van der Waals surface area contributed by atoms with Crippen LogP contribution in [0.3, 0.4) is 0 Å². The Balaban J connectivity index is 2.45. The molecule has 96 valence electrons. The van der Waals surface area contributed by atoms with Crippen LogP contribution in [0.5, 0.6) is 0 Å².